The van der Waals surface area contributed by atoms with Crippen molar-refractivity contribution in [2.75, 3.05) is 0 Å². The van der Waals surface area contributed by atoms with Crippen LogP contribution in [0.1, 0.15) is 65.2 Å². The van der Waals surface area contributed by atoms with Crippen LogP contribution < -0.4 is 0 Å². The molecule has 9 rings (SSSR count). The highest BCUT2D eigenvalue weighted by Gasteiger charge is 2.22. The van der Waals surface area contributed by atoms with E-state index in [0.29, 0.717) is 0 Å². The molecule has 0 unspecified atom stereocenters. The Morgan fingerprint density at radius 1 is 0.404 bits per heavy atom. The number of nitrogens with zero attached hydrogens (tertiary/aromatic N) is 8. The molecule has 0 aliphatic heterocycles. The van der Waals surface area contributed by atoms with Gasteiger partial charge in [-0.2, -0.15) is 0 Å². The zero-order valence-corrected chi connectivity index (χ0v) is 29.9. The van der Waals surface area contributed by atoms with Gasteiger partial charge in [-0.3, -0.25) is 19.9 Å². The average Bonchev–Trinajstić information content (AvgIpc) is 3.78. The van der Waals surface area contributed by atoms with Crippen molar-refractivity contribution in [2.45, 2.75) is 78.3 Å². The highest BCUT2D eigenvalue weighted by Crippen LogP contribution is 2.39. The molecular formula is C44H42N8. The number of aromatic nitrogens is 8. The minimum absolute atomic E-state index is 0.888. The van der Waals surface area contributed by atoms with E-state index in [2.05, 4.69) is 71.5 Å². The van der Waals surface area contributed by atoms with Crippen LogP contribution in [-0.2, 0) is 13.1 Å². The van der Waals surface area contributed by atoms with E-state index in [4.69, 9.17) is 29.9 Å². The first kappa shape index (κ1) is 32.2. The lowest BCUT2D eigenvalue weighted by Crippen LogP contribution is -2.03. The fraction of sp³-hybridized carbons (Fsp3) is 0.273. The van der Waals surface area contributed by atoms with E-state index in [1.807, 2.05) is 49.1 Å². The van der Waals surface area contributed by atoms with Crippen molar-refractivity contribution in [1.82, 2.24) is 39.0 Å². The van der Waals surface area contributed by atoms with Gasteiger partial charge in [0.1, 0.15) is 11.6 Å². The maximum Gasteiger partial charge on any atom is 0.141 e. The maximum atomic E-state index is 5.40. The SMILES string of the molecule is CCCCCCn1c(-c2ccc(-c3nc4c5cccnc5c5ncccc5c4n3CCCCCC)cc2)nc2c3cccnc3c3ncccc3c21. The van der Waals surface area contributed by atoms with E-state index in [9.17, 15) is 0 Å². The van der Waals surface area contributed by atoms with Crippen LogP contribution in [0.4, 0.5) is 0 Å². The summed E-state index contributed by atoms with van der Waals surface area (Å²) in [6.07, 6.45) is 16.8. The molecule has 52 heavy (non-hydrogen) atoms. The van der Waals surface area contributed by atoms with Crippen LogP contribution >= 0.6 is 0 Å². The number of hydrogen-bond donors (Lipinski definition) is 0. The van der Waals surface area contributed by atoms with Gasteiger partial charge in [0.25, 0.3) is 0 Å². The van der Waals surface area contributed by atoms with Gasteiger partial charge >= 0.3 is 0 Å². The van der Waals surface area contributed by atoms with Gasteiger partial charge in [0.05, 0.1) is 44.1 Å². The van der Waals surface area contributed by atoms with E-state index < -0.39 is 0 Å². The molecule has 0 amide bonds. The first-order chi connectivity index (χ1) is 25.8. The number of aryl methyl sites for hydroxylation is 2. The summed E-state index contributed by atoms with van der Waals surface area (Å²) in [6, 6.07) is 25.5. The van der Waals surface area contributed by atoms with Gasteiger partial charge in [-0.15, -0.1) is 0 Å². The Kier molecular flexibility index (Phi) is 8.51. The maximum absolute atomic E-state index is 5.40. The molecule has 3 aromatic carbocycles. The summed E-state index contributed by atoms with van der Waals surface area (Å²) in [7, 11) is 0. The smallest absolute Gasteiger partial charge is 0.141 e. The number of rotatable bonds is 12. The molecule has 0 aliphatic rings. The monoisotopic (exact) mass is 682 g/mol. The second kappa shape index (κ2) is 13.8. The van der Waals surface area contributed by atoms with Gasteiger partial charge in [0.2, 0.25) is 0 Å². The van der Waals surface area contributed by atoms with E-state index in [1.54, 1.807) is 0 Å². The van der Waals surface area contributed by atoms with Crippen molar-refractivity contribution in [3.05, 3.63) is 97.6 Å². The molecule has 6 heterocycles. The summed E-state index contributed by atoms with van der Waals surface area (Å²) < 4.78 is 4.86. The highest BCUT2D eigenvalue weighted by molar-refractivity contribution is 6.22. The van der Waals surface area contributed by atoms with Crippen LogP contribution in [-0.4, -0.2) is 39.0 Å². The van der Waals surface area contributed by atoms with Crippen LogP contribution in [0.5, 0.6) is 0 Å². The lowest BCUT2D eigenvalue weighted by atomic mass is 10.1. The molecule has 0 N–H and O–H groups in total. The summed E-state index contributed by atoms with van der Waals surface area (Å²) in [6.45, 7) is 6.30. The second-order valence-corrected chi connectivity index (χ2v) is 13.9. The zero-order chi connectivity index (χ0) is 35.0. The zero-order valence-electron chi connectivity index (χ0n) is 29.9. The summed E-state index contributed by atoms with van der Waals surface area (Å²) in [5.74, 6) is 1.95. The fourth-order valence-corrected chi connectivity index (χ4v) is 8.01. The van der Waals surface area contributed by atoms with Gasteiger partial charge in [-0.05, 0) is 61.4 Å². The van der Waals surface area contributed by atoms with Crippen molar-refractivity contribution in [3.63, 3.8) is 0 Å². The van der Waals surface area contributed by atoms with Gasteiger partial charge in [-0.25, -0.2) is 9.97 Å². The summed E-state index contributed by atoms with van der Waals surface area (Å²) in [5, 5.41) is 4.26. The predicted octanol–water partition coefficient (Wildman–Crippen LogP) is 11.1. The predicted molar refractivity (Wildman–Crippen MR) is 213 cm³/mol. The van der Waals surface area contributed by atoms with Crippen molar-refractivity contribution in [1.29, 1.82) is 0 Å². The van der Waals surface area contributed by atoms with Crippen LogP contribution in [0.2, 0.25) is 0 Å². The molecule has 0 saturated heterocycles. The van der Waals surface area contributed by atoms with E-state index >= 15 is 0 Å². The Morgan fingerprint density at radius 3 is 1.15 bits per heavy atom. The molecule has 9 aromatic rings. The molecule has 0 atom stereocenters. The van der Waals surface area contributed by atoms with Crippen LogP contribution in [0, 0.1) is 0 Å². The van der Waals surface area contributed by atoms with Crippen LogP contribution in [0.15, 0.2) is 97.6 Å². The second-order valence-electron chi connectivity index (χ2n) is 13.9. The lowest BCUT2D eigenvalue weighted by Gasteiger charge is -2.13. The van der Waals surface area contributed by atoms with Gasteiger partial charge < -0.3 is 9.13 Å². The Balaban J connectivity index is 1.22. The normalized spacial score (nSPS) is 12.0. The third-order valence-corrected chi connectivity index (χ3v) is 10.5. The Bertz CT molecular complexity index is 2530. The number of pyridine rings is 4. The average molecular weight is 683 g/mol. The summed E-state index contributed by atoms with van der Waals surface area (Å²) in [4.78, 5) is 30.0. The first-order valence-electron chi connectivity index (χ1n) is 18.9. The van der Waals surface area contributed by atoms with Gasteiger partial charge in [0.15, 0.2) is 0 Å². The summed E-state index contributed by atoms with van der Waals surface area (Å²) >= 11 is 0. The Morgan fingerprint density at radius 2 is 0.769 bits per heavy atom. The molecular weight excluding hydrogens is 641 g/mol. The highest BCUT2D eigenvalue weighted by atomic mass is 15.1. The molecule has 0 spiro atoms. The van der Waals surface area contributed by atoms with Gasteiger partial charge in [0, 0.05) is 70.5 Å². The van der Waals surface area contributed by atoms with E-state index in [1.165, 1.54) is 38.5 Å². The molecule has 8 heteroatoms. The quantitative estimate of drug-likeness (QED) is 0.0941. The molecule has 0 radical (unpaired) electrons. The number of benzene rings is 3. The largest absolute Gasteiger partial charge is 0.323 e. The van der Waals surface area contributed by atoms with E-state index in [0.717, 1.165) is 114 Å². The van der Waals surface area contributed by atoms with Crippen LogP contribution in [0.3, 0.4) is 0 Å². The van der Waals surface area contributed by atoms with Crippen molar-refractivity contribution < 1.29 is 0 Å². The lowest BCUT2D eigenvalue weighted by molar-refractivity contribution is 0.595. The number of fused-ring (bicyclic) bond motifs is 12. The molecule has 0 bridgehead atoms. The Labute approximate surface area is 302 Å². The van der Waals surface area contributed by atoms with E-state index in [-0.39, 0.29) is 0 Å². The summed E-state index contributed by atoms with van der Waals surface area (Å²) in [5.41, 5.74) is 10.0. The topological polar surface area (TPSA) is 87.2 Å². The molecule has 8 nitrogen and oxygen atoms in total. The first-order valence-corrected chi connectivity index (χ1v) is 18.9. The molecule has 0 aliphatic carbocycles. The number of unbranched alkanes of at least 4 members (excludes halogenated alkanes) is 6. The van der Waals surface area contributed by atoms with Crippen molar-refractivity contribution >= 4 is 65.7 Å². The minimum atomic E-state index is 0.888. The molecule has 6 aromatic heterocycles. The third-order valence-electron chi connectivity index (χ3n) is 10.5. The van der Waals surface area contributed by atoms with Crippen molar-refractivity contribution in [3.8, 4) is 22.8 Å². The number of hydrogen-bond acceptors (Lipinski definition) is 6. The number of imidazole rings is 2. The van der Waals surface area contributed by atoms with Crippen molar-refractivity contribution in [2.24, 2.45) is 0 Å². The fourth-order valence-electron chi connectivity index (χ4n) is 8.01. The molecule has 0 fully saturated rings. The minimum Gasteiger partial charge on any atom is -0.323 e. The Hall–Kier alpha value is -5.76. The molecule has 0 saturated carbocycles. The van der Waals surface area contributed by atoms with Gasteiger partial charge in [-0.1, -0.05) is 76.6 Å². The third kappa shape index (κ3) is 5.36. The standard InChI is InChI=1S/C44H42N8/c1-3-5-7-9-27-51-41-33-17-13-25-47-37(33)35-31(15-11-23-45-35)39(41)49-43(51)29-19-21-30(22-20-29)44-50-40-32-16-12-24-46-36(32)38-34(18-14-26-48-38)42(40)52(44)28-10-8-6-4-2/h11-26H,3-10,27-28H2,1-2H3. The van der Waals surface area contributed by atoms with Crippen LogP contribution in [0.25, 0.3) is 88.5 Å². The molecule has 258 valence electrons.